The maximum Gasteiger partial charge on any atom is 0.408 e. The molecule has 2 saturated heterocycles. The van der Waals surface area contributed by atoms with Crippen molar-refractivity contribution in [1.82, 2.24) is 4.90 Å². The Hall–Kier alpha value is -2.90. The van der Waals surface area contributed by atoms with E-state index in [1.165, 1.54) is 4.90 Å². The van der Waals surface area contributed by atoms with Crippen LogP contribution < -0.4 is 9.64 Å². The fourth-order valence-corrected chi connectivity index (χ4v) is 6.33. The molecule has 5 rings (SSSR count). The standard InChI is InChI=1S/C26H26Cl2N2O5/c1-14-10-20(27)24(21(28)11-14)35-18-8-9-29(13-18)16-4-2-15(3-5-16)19-12-17-6-7-22(23(19)25(31)32)30(17)26(33)34/h2-5,10-11,17-18,22H,6-9,12-13H2,1H3,(H,31,32)(H,33,34)/t17-,18+,22+/m0/s1. The number of hydrogen-bond acceptors (Lipinski definition) is 4. The Morgan fingerprint density at radius 2 is 1.71 bits per heavy atom. The summed E-state index contributed by atoms with van der Waals surface area (Å²) in [6.45, 7) is 3.42. The van der Waals surface area contributed by atoms with Gasteiger partial charge in [0.25, 0.3) is 0 Å². The summed E-state index contributed by atoms with van der Waals surface area (Å²) in [7, 11) is 0. The van der Waals surface area contributed by atoms with Crippen LogP contribution in [0.15, 0.2) is 42.0 Å². The minimum absolute atomic E-state index is 0.0512. The lowest BCUT2D eigenvalue weighted by molar-refractivity contribution is -0.133. The molecule has 2 bridgehead atoms. The molecule has 3 aliphatic rings. The van der Waals surface area contributed by atoms with Gasteiger partial charge in [0.2, 0.25) is 0 Å². The lowest BCUT2D eigenvalue weighted by Crippen LogP contribution is -2.45. The molecule has 2 aromatic carbocycles. The number of rotatable bonds is 5. The van der Waals surface area contributed by atoms with E-state index in [-0.39, 0.29) is 17.7 Å². The molecular formula is C26H26Cl2N2O5. The monoisotopic (exact) mass is 516 g/mol. The topological polar surface area (TPSA) is 90.3 Å². The molecule has 9 heteroatoms. The van der Waals surface area contributed by atoms with E-state index in [2.05, 4.69) is 4.90 Å². The molecule has 1 amide bonds. The quantitative estimate of drug-likeness (QED) is 0.528. The molecule has 3 atom stereocenters. The van der Waals surface area contributed by atoms with E-state index in [0.29, 0.717) is 41.6 Å². The van der Waals surface area contributed by atoms with Crippen LogP contribution in [0.4, 0.5) is 10.5 Å². The third kappa shape index (κ3) is 4.43. The molecule has 0 radical (unpaired) electrons. The predicted molar refractivity (Wildman–Crippen MR) is 135 cm³/mol. The molecule has 0 spiro atoms. The van der Waals surface area contributed by atoms with E-state index in [4.69, 9.17) is 27.9 Å². The highest BCUT2D eigenvalue weighted by Crippen LogP contribution is 2.43. The third-order valence-corrected chi connectivity index (χ3v) is 7.77. The molecule has 184 valence electrons. The van der Waals surface area contributed by atoms with Gasteiger partial charge in [-0.05, 0) is 67.2 Å². The van der Waals surface area contributed by atoms with Crippen LogP contribution in [0.3, 0.4) is 0 Å². The van der Waals surface area contributed by atoms with Crippen molar-refractivity contribution in [3.8, 4) is 5.75 Å². The van der Waals surface area contributed by atoms with Crippen molar-refractivity contribution < 1.29 is 24.5 Å². The molecule has 3 heterocycles. The molecule has 2 fully saturated rings. The van der Waals surface area contributed by atoms with Crippen molar-refractivity contribution in [2.45, 2.75) is 50.8 Å². The SMILES string of the molecule is Cc1cc(Cl)c(O[C@@H]2CCN(c3ccc(C4=C(C(=O)O)[C@H]5CC[C@@H](C4)N5C(=O)O)cc3)C2)c(Cl)c1. The first kappa shape index (κ1) is 23.8. The highest BCUT2D eigenvalue weighted by Gasteiger charge is 2.46. The Bertz CT molecular complexity index is 1190. The lowest BCUT2D eigenvalue weighted by Gasteiger charge is -2.34. The summed E-state index contributed by atoms with van der Waals surface area (Å²) in [6.07, 6.45) is 1.37. The van der Waals surface area contributed by atoms with E-state index in [1.807, 2.05) is 43.3 Å². The van der Waals surface area contributed by atoms with E-state index in [0.717, 1.165) is 35.4 Å². The summed E-state index contributed by atoms with van der Waals surface area (Å²) < 4.78 is 6.13. The number of carboxylic acid groups (broad SMARTS) is 2. The number of fused-ring (bicyclic) bond motifs is 2. The van der Waals surface area contributed by atoms with Gasteiger partial charge in [-0.15, -0.1) is 0 Å². The number of aliphatic carboxylic acids is 1. The Labute approximate surface area is 213 Å². The number of aryl methyl sites for hydroxylation is 1. The van der Waals surface area contributed by atoms with Gasteiger partial charge in [-0.1, -0.05) is 35.3 Å². The predicted octanol–water partition coefficient (Wildman–Crippen LogP) is 5.71. The highest BCUT2D eigenvalue weighted by molar-refractivity contribution is 6.37. The van der Waals surface area contributed by atoms with Crippen LogP contribution in [0, 0.1) is 6.92 Å². The van der Waals surface area contributed by atoms with Crippen molar-refractivity contribution in [1.29, 1.82) is 0 Å². The Morgan fingerprint density at radius 3 is 2.34 bits per heavy atom. The Balaban J connectivity index is 1.33. The number of anilines is 1. The van der Waals surface area contributed by atoms with Crippen molar-refractivity contribution in [3.05, 3.63) is 63.1 Å². The van der Waals surface area contributed by atoms with Gasteiger partial charge in [0.15, 0.2) is 5.75 Å². The summed E-state index contributed by atoms with van der Waals surface area (Å²) in [5, 5.41) is 20.5. The van der Waals surface area contributed by atoms with Crippen LogP contribution in [-0.2, 0) is 4.79 Å². The molecule has 2 aromatic rings. The molecule has 3 aliphatic heterocycles. The number of amides is 1. The van der Waals surface area contributed by atoms with E-state index in [9.17, 15) is 19.8 Å². The second kappa shape index (κ2) is 9.28. The molecule has 35 heavy (non-hydrogen) atoms. The highest BCUT2D eigenvalue weighted by atomic mass is 35.5. The van der Waals surface area contributed by atoms with Crippen LogP contribution in [-0.4, -0.2) is 58.5 Å². The van der Waals surface area contributed by atoms with Gasteiger partial charge in [-0.25, -0.2) is 9.59 Å². The zero-order valence-corrected chi connectivity index (χ0v) is 20.7. The van der Waals surface area contributed by atoms with Crippen LogP contribution in [0.25, 0.3) is 5.57 Å². The van der Waals surface area contributed by atoms with Crippen LogP contribution in [0.5, 0.6) is 5.75 Å². The minimum atomic E-state index is -1.05. The van der Waals surface area contributed by atoms with Gasteiger partial charge in [0, 0.05) is 24.7 Å². The summed E-state index contributed by atoms with van der Waals surface area (Å²) >= 11 is 12.7. The maximum atomic E-state index is 12.1. The van der Waals surface area contributed by atoms with Gasteiger partial charge in [-0.2, -0.15) is 0 Å². The van der Waals surface area contributed by atoms with Crippen molar-refractivity contribution in [2.75, 3.05) is 18.0 Å². The summed E-state index contributed by atoms with van der Waals surface area (Å²) in [4.78, 5) is 27.3. The van der Waals surface area contributed by atoms with Crippen LogP contribution in [0.2, 0.25) is 10.0 Å². The lowest BCUT2D eigenvalue weighted by atomic mass is 9.88. The van der Waals surface area contributed by atoms with Crippen molar-refractivity contribution in [2.24, 2.45) is 0 Å². The van der Waals surface area contributed by atoms with Gasteiger partial charge in [0.05, 0.1) is 28.2 Å². The maximum absolute atomic E-state index is 12.1. The fraction of sp³-hybridized carbons (Fsp3) is 0.385. The van der Waals surface area contributed by atoms with Crippen molar-refractivity contribution >= 4 is 46.5 Å². The zero-order valence-electron chi connectivity index (χ0n) is 19.2. The largest absolute Gasteiger partial charge is 0.485 e. The van der Waals surface area contributed by atoms with E-state index >= 15 is 0 Å². The fourth-order valence-electron chi connectivity index (χ4n) is 5.65. The Kier molecular flexibility index (Phi) is 6.32. The van der Waals surface area contributed by atoms with Gasteiger partial charge in [0.1, 0.15) is 6.10 Å². The van der Waals surface area contributed by atoms with Crippen LogP contribution >= 0.6 is 23.2 Å². The summed E-state index contributed by atoms with van der Waals surface area (Å²) in [5.74, 6) is -0.537. The summed E-state index contributed by atoms with van der Waals surface area (Å²) in [5.41, 5.74) is 3.77. The first-order valence-corrected chi connectivity index (χ1v) is 12.4. The zero-order chi connectivity index (χ0) is 24.9. The number of halogens is 2. The van der Waals surface area contributed by atoms with Gasteiger partial charge < -0.3 is 19.8 Å². The molecule has 2 N–H and O–H groups in total. The van der Waals surface area contributed by atoms with Gasteiger partial charge in [-0.3, -0.25) is 4.90 Å². The average Bonchev–Trinajstić information content (AvgIpc) is 3.39. The van der Waals surface area contributed by atoms with Gasteiger partial charge >= 0.3 is 12.1 Å². The number of carbonyl (C=O) groups is 2. The number of nitrogens with zero attached hydrogens (tertiary/aromatic N) is 2. The molecule has 0 aromatic heterocycles. The minimum Gasteiger partial charge on any atom is -0.485 e. The Morgan fingerprint density at radius 1 is 1.03 bits per heavy atom. The second-order valence-electron chi connectivity index (χ2n) is 9.42. The third-order valence-electron chi connectivity index (χ3n) is 7.20. The summed E-state index contributed by atoms with van der Waals surface area (Å²) in [6, 6.07) is 10.8. The molecular weight excluding hydrogens is 491 g/mol. The number of benzene rings is 2. The molecule has 0 unspecified atom stereocenters. The van der Waals surface area contributed by atoms with Crippen LogP contribution in [0.1, 0.15) is 36.8 Å². The second-order valence-corrected chi connectivity index (χ2v) is 10.2. The van der Waals surface area contributed by atoms with Crippen molar-refractivity contribution in [3.63, 3.8) is 0 Å². The number of ether oxygens (including phenoxy) is 1. The molecule has 7 nitrogen and oxygen atoms in total. The number of carboxylic acids is 1. The first-order valence-electron chi connectivity index (χ1n) is 11.7. The number of hydrogen-bond donors (Lipinski definition) is 2. The normalized spacial score (nSPS) is 23.7. The van der Waals surface area contributed by atoms with E-state index in [1.54, 1.807) is 0 Å². The average molecular weight is 517 g/mol. The molecule has 0 saturated carbocycles. The molecule has 0 aliphatic carbocycles. The van der Waals surface area contributed by atoms with E-state index < -0.39 is 18.1 Å². The first-order chi connectivity index (χ1) is 16.7. The smallest absolute Gasteiger partial charge is 0.408 e.